The summed E-state index contributed by atoms with van der Waals surface area (Å²) in [4.78, 5) is 25.9. The van der Waals surface area contributed by atoms with Gasteiger partial charge in [-0.25, -0.2) is 9.80 Å². The SMILES string of the molecule is Cc1ccc(C2=NN(C(=O)Cn3nnn(-c4ccccc4)c3=O)[C@H](c3ccco3)C2)cc1. The molecule has 2 aromatic carbocycles. The lowest BCUT2D eigenvalue weighted by Gasteiger charge is -2.19. The quantitative estimate of drug-likeness (QED) is 0.487. The van der Waals surface area contributed by atoms with Gasteiger partial charge in [0.1, 0.15) is 18.3 Å². The largest absolute Gasteiger partial charge is 0.467 e. The Morgan fingerprint density at radius 3 is 2.53 bits per heavy atom. The number of furan rings is 1. The topological polar surface area (TPSA) is 98.5 Å². The van der Waals surface area contributed by atoms with E-state index in [9.17, 15) is 9.59 Å². The number of aromatic nitrogens is 4. The predicted octanol–water partition coefficient (Wildman–Crippen LogP) is 2.71. The molecule has 1 aliphatic rings. The van der Waals surface area contributed by atoms with Crippen LogP contribution >= 0.6 is 0 Å². The summed E-state index contributed by atoms with van der Waals surface area (Å²) in [6.07, 6.45) is 2.08. The van der Waals surface area contributed by atoms with Gasteiger partial charge >= 0.3 is 5.69 Å². The molecule has 0 aliphatic carbocycles. The van der Waals surface area contributed by atoms with Crippen LogP contribution in [0, 0.1) is 6.92 Å². The van der Waals surface area contributed by atoms with Crippen LogP contribution in [0.15, 0.2) is 87.3 Å². The molecule has 0 spiro atoms. The Balaban J connectivity index is 1.43. The van der Waals surface area contributed by atoms with Crippen molar-refractivity contribution in [1.29, 1.82) is 0 Å². The average molecular weight is 428 g/mol. The molecule has 1 amide bonds. The second kappa shape index (κ2) is 8.10. The summed E-state index contributed by atoms with van der Waals surface area (Å²) in [5.41, 5.74) is 2.94. The number of benzene rings is 2. The highest BCUT2D eigenvalue weighted by Gasteiger charge is 2.35. The van der Waals surface area contributed by atoms with Gasteiger partial charge in [-0.3, -0.25) is 4.79 Å². The maximum atomic E-state index is 13.2. The number of amides is 1. The van der Waals surface area contributed by atoms with Crippen LogP contribution in [0.1, 0.15) is 29.3 Å². The Hall–Kier alpha value is -4.27. The van der Waals surface area contributed by atoms with Gasteiger partial charge in [0, 0.05) is 6.42 Å². The Kier molecular flexibility index (Phi) is 4.98. The van der Waals surface area contributed by atoms with Crippen molar-refractivity contribution < 1.29 is 9.21 Å². The van der Waals surface area contributed by atoms with E-state index >= 15 is 0 Å². The molecular formula is C23H20N6O3. The van der Waals surface area contributed by atoms with Crippen LogP contribution in [0.4, 0.5) is 0 Å². The summed E-state index contributed by atoms with van der Waals surface area (Å²) in [6, 6.07) is 20.1. The number of hydrogen-bond acceptors (Lipinski definition) is 6. The Morgan fingerprint density at radius 2 is 1.81 bits per heavy atom. The predicted molar refractivity (Wildman–Crippen MR) is 116 cm³/mol. The van der Waals surface area contributed by atoms with Crippen LogP contribution in [-0.2, 0) is 11.3 Å². The number of hydrogen-bond donors (Lipinski definition) is 0. The van der Waals surface area contributed by atoms with E-state index in [1.54, 1.807) is 36.6 Å². The van der Waals surface area contributed by atoms with E-state index in [-0.39, 0.29) is 12.5 Å². The fraction of sp³-hybridized carbons (Fsp3) is 0.174. The molecule has 9 heteroatoms. The first-order valence-corrected chi connectivity index (χ1v) is 10.2. The summed E-state index contributed by atoms with van der Waals surface area (Å²) in [7, 11) is 0. The number of aryl methyl sites for hydroxylation is 1. The molecule has 160 valence electrons. The molecule has 0 fully saturated rings. The minimum atomic E-state index is -0.499. The van der Waals surface area contributed by atoms with E-state index < -0.39 is 11.7 Å². The van der Waals surface area contributed by atoms with E-state index in [0.29, 0.717) is 17.9 Å². The molecule has 5 rings (SSSR count). The molecular weight excluding hydrogens is 408 g/mol. The lowest BCUT2D eigenvalue weighted by molar-refractivity contribution is -0.134. The van der Waals surface area contributed by atoms with Crippen LogP contribution in [-0.4, -0.2) is 36.4 Å². The van der Waals surface area contributed by atoms with E-state index in [1.807, 2.05) is 43.3 Å². The first kappa shape index (κ1) is 19.7. The van der Waals surface area contributed by atoms with Gasteiger partial charge in [0.05, 0.1) is 17.7 Å². The lowest BCUT2D eigenvalue weighted by Crippen LogP contribution is -2.34. The molecule has 0 radical (unpaired) electrons. The molecule has 2 aromatic heterocycles. The van der Waals surface area contributed by atoms with E-state index in [4.69, 9.17) is 4.42 Å². The third-order valence-corrected chi connectivity index (χ3v) is 5.35. The highest BCUT2D eigenvalue weighted by Crippen LogP contribution is 2.33. The Labute approximate surface area is 183 Å². The number of carbonyl (C=O) groups excluding carboxylic acids is 1. The maximum Gasteiger partial charge on any atom is 0.368 e. The third-order valence-electron chi connectivity index (χ3n) is 5.35. The van der Waals surface area contributed by atoms with Crippen molar-refractivity contribution in [3.05, 3.63) is 100 Å². The van der Waals surface area contributed by atoms with Gasteiger partial charge in [0.15, 0.2) is 0 Å². The van der Waals surface area contributed by atoms with Crippen molar-refractivity contribution in [1.82, 2.24) is 24.8 Å². The van der Waals surface area contributed by atoms with Crippen LogP contribution in [0.3, 0.4) is 0 Å². The number of nitrogens with zero attached hydrogens (tertiary/aromatic N) is 6. The second-order valence-corrected chi connectivity index (χ2v) is 7.55. The van der Waals surface area contributed by atoms with Gasteiger partial charge in [-0.2, -0.15) is 14.5 Å². The van der Waals surface area contributed by atoms with Crippen LogP contribution < -0.4 is 5.69 Å². The lowest BCUT2D eigenvalue weighted by atomic mass is 10.0. The third kappa shape index (κ3) is 3.64. The fourth-order valence-corrected chi connectivity index (χ4v) is 3.67. The summed E-state index contributed by atoms with van der Waals surface area (Å²) >= 11 is 0. The zero-order valence-electron chi connectivity index (χ0n) is 17.3. The number of hydrazone groups is 1. The highest BCUT2D eigenvalue weighted by molar-refractivity contribution is 6.03. The van der Waals surface area contributed by atoms with E-state index in [2.05, 4.69) is 15.5 Å². The van der Waals surface area contributed by atoms with E-state index in [1.165, 1.54) is 5.01 Å². The molecule has 0 N–H and O–H groups in total. The molecule has 9 nitrogen and oxygen atoms in total. The average Bonchev–Trinajstić information content (AvgIpc) is 3.55. The molecule has 1 atom stereocenters. The molecule has 3 heterocycles. The molecule has 0 saturated carbocycles. The van der Waals surface area contributed by atoms with Gasteiger partial charge in [-0.1, -0.05) is 48.0 Å². The number of rotatable bonds is 5. The normalized spacial score (nSPS) is 15.7. The number of carbonyl (C=O) groups is 1. The zero-order valence-corrected chi connectivity index (χ0v) is 17.3. The monoisotopic (exact) mass is 428 g/mol. The Bertz CT molecular complexity index is 1320. The van der Waals surface area contributed by atoms with Gasteiger partial charge < -0.3 is 4.42 Å². The molecule has 0 saturated heterocycles. The highest BCUT2D eigenvalue weighted by atomic mass is 16.3. The summed E-state index contributed by atoms with van der Waals surface area (Å²) in [5, 5.41) is 13.7. The minimum absolute atomic E-state index is 0.284. The van der Waals surface area contributed by atoms with Crippen molar-refractivity contribution in [2.75, 3.05) is 0 Å². The summed E-state index contributed by atoms with van der Waals surface area (Å²) in [5.74, 6) is 0.250. The van der Waals surface area contributed by atoms with Crippen molar-refractivity contribution in [3.8, 4) is 5.69 Å². The molecule has 0 bridgehead atoms. The summed E-state index contributed by atoms with van der Waals surface area (Å²) in [6.45, 7) is 1.73. The van der Waals surface area contributed by atoms with Crippen molar-refractivity contribution in [3.63, 3.8) is 0 Å². The number of para-hydroxylation sites is 1. The van der Waals surface area contributed by atoms with Gasteiger partial charge in [0.25, 0.3) is 5.91 Å². The molecule has 1 aliphatic heterocycles. The second-order valence-electron chi connectivity index (χ2n) is 7.55. The fourth-order valence-electron chi connectivity index (χ4n) is 3.67. The summed E-state index contributed by atoms with van der Waals surface area (Å²) < 4.78 is 7.76. The number of tetrazole rings is 1. The first-order valence-electron chi connectivity index (χ1n) is 10.2. The Morgan fingerprint density at radius 1 is 1.03 bits per heavy atom. The smallest absolute Gasteiger partial charge is 0.368 e. The molecule has 4 aromatic rings. The van der Waals surface area contributed by atoms with Gasteiger partial charge in [-0.05, 0) is 47.2 Å². The van der Waals surface area contributed by atoms with Gasteiger partial charge in [-0.15, -0.1) is 0 Å². The van der Waals surface area contributed by atoms with Crippen molar-refractivity contribution in [2.45, 2.75) is 25.9 Å². The van der Waals surface area contributed by atoms with Crippen LogP contribution in [0.5, 0.6) is 0 Å². The molecule has 0 unspecified atom stereocenters. The van der Waals surface area contributed by atoms with Crippen molar-refractivity contribution in [2.24, 2.45) is 5.10 Å². The zero-order chi connectivity index (χ0) is 22.1. The van der Waals surface area contributed by atoms with Crippen LogP contribution in [0.2, 0.25) is 0 Å². The van der Waals surface area contributed by atoms with Crippen LogP contribution in [0.25, 0.3) is 5.69 Å². The van der Waals surface area contributed by atoms with Crippen molar-refractivity contribution >= 4 is 11.6 Å². The maximum absolute atomic E-state index is 13.2. The first-order chi connectivity index (χ1) is 15.6. The standard InChI is InChI=1S/C23H20N6O3/c1-16-9-11-17(12-10-16)19-14-20(21-8-5-13-32-21)29(24-19)22(30)15-27-23(31)28(26-25-27)18-6-3-2-4-7-18/h2-13,20H,14-15H2,1H3/t20-/m0/s1. The molecule has 32 heavy (non-hydrogen) atoms. The van der Waals surface area contributed by atoms with Gasteiger partial charge in [0.2, 0.25) is 0 Å². The van der Waals surface area contributed by atoms with E-state index in [0.717, 1.165) is 26.2 Å². The minimum Gasteiger partial charge on any atom is -0.467 e.